The van der Waals surface area contributed by atoms with Gasteiger partial charge in [-0.05, 0) is 41.0 Å². The van der Waals surface area contributed by atoms with Crippen molar-refractivity contribution in [3.05, 3.63) is 101 Å². The van der Waals surface area contributed by atoms with Crippen molar-refractivity contribution in [1.29, 1.82) is 0 Å². The summed E-state index contributed by atoms with van der Waals surface area (Å²) in [5.74, 6) is 1.02. The van der Waals surface area contributed by atoms with Crippen LogP contribution in [0.4, 0.5) is 0 Å². The van der Waals surface area contributed by atoms with Gasteiger partial charge in [0.15, 0.2) is 10.9 Å². The van der Waals surface area contributed by atoms with Crippen LogP contribution in [0.2, 0.25) is 0 Å². The number of ether oxygens (including phenoxy) is 1. The first kappa shape index (κ1) is 17.3. The van der Waals surface area contributed by atoms with Gasteiger partial charge in [0.1, 0.15) is 5.76 Å². The van der Waals surface area contributed by atoms with Gasteiger partial charge in [-0.15, -0.1) is 0 Å². The third-order valence-corrected chi connectivity index (χ3v) is 6.29. The summed E-state index contributed by atoms with van der Waals surface area (Å²) in [6, 6.07) is 25.0. The van der Waals surface area contributed by atoms with Gasteiger partial charge < -0.3 is 4.74 Å². The highest BCUT2D eigenvalue weighted by molar-refractivity contribution is 8.02. The summed E-state index contributed by atoms with van der Waals surface area (Å²) in [7, 11) is 0. The van der Waals surface area contributed by atoms with Crippen molar-refractivity contribution in [2.45, 2.75) is 30.1 Å². The third-order valence-electron chi connectivity index (χ3n) is 5.37. The molecular formula is C25H20O2S. The Bertz CT molecular complexity index is 1110. The van der Waals surface area contributed by atoms with E-state index in [1.807, 2.05) is 18.2 Å². The van der Waals surface area contributed by atoms with E-state index in [4.69, 9.17) is 4.74 Å². The zero-order valence-corrected chi connectivity index (χ0v) is 16.2. The van der Waals surface area contributed by atoms with Crippen LogP contribution in [0.1, 0.15) is 30.7 Å². The Morgan fingerprint density at radius 2 is 1.64 bits per heavy atom. The number of carbonyl (C=O) groups excluding carboxylic acids is 1. The summed E-state index contributed by atoms with van der Waals surface area (Å²) < 4.78 is 6.21. The Morgan fingerprint density at radius 3 is 2.54 bits per heavy atom. The minimum absolute atomic E-state index is 0.0612. The van der Waals surface area contributed by atoms with Crippen molar-refractivity contribution in [3.63, 3.8) is 0 Å². The SMILES string of the molecule is O=C1CCCC2=C1C(c1cccc3ccccc13)C=C(Sc1ccccc1)O2. The molecule has 3 aromatic rings. The van der Waals surface area contributed by atoms with Crippen molar-refractivity contribution in [2.75, 3.05) is 0 Å². The molecule has 0 fully saturated rings. The predicted octanol–water partition coefficient (Wildman–Crippen LogP) is 6.59. The second-order valence-electron chi connectivity index (χ2n) is 7.16. The van der Waals surface area contributed by atoms with Crippen molar-refractivity contribution < 1.29 is 9.53 Å². The molecule has 0 saturated carbocycles. The number of fused-ring (bicyclic) bond motifs is 1. The van der Waals surface area contributed by atoms with Crippen LogP contribution in [0, 0.1) is 0 Å². The Morgan fingerprint density at radius 1 is 0.857 bits per heavy atom. The van der Waals surface area contributed by atoms with Gasteiger partial charge in [0.2, 0.25) is 0 Å². The molecule has 0 saturated heterocycles. The Balaban J connectivity index is 1.63. The number of Topliss-reactive ketones (excluding diaryl/α,β-unsaturated/α-hetero) is 1. The lowest BCUT2D eigenvalue weighted by Crippen LogP contribution is -2.21. The number of hydrogen-bond donors (Lipinski definition) is 0. The van der Waals surface area contributed by atoms with Gasteiger partial charge in [0.05, 0.1) is 0 Å². The normalized spacial score (nSPS) is 19.2. The van der Waals surface area contributed by atoms with Crippen LogP contribution in [0.5, 0.6) is 0 Å². The molecule has 1 unspecified atom stereocenters. The van der Waals surface area contributed by atoms with Gasteiger partial charge >= 0.3 is 0 Å². The van der Waals surface area contributed by atoms with Gasteiger partial charge in [-0.1, -0.05) is 72.4 Å². The quantitative estimate of drug-likeness (QED) is 0.509. The molecule has 28 heavy (non-hydrogen) atoms. The number of thioether (sulfide) groups is 1. The fraction of sp³-hybridized carbons (Fsp3) is 0.160. The molecule has 1 heterocycles. The highest BCUT2D eigenvalue weighted by Gasteiger charge is 2.34. The van der Waals surface area contributed by atoms with Gasteiger partial charge in [-0.2, -0.15) is 0 Å². The smallest absolute Gasteiger partial charge is 0.163 e. The summed E-state index contributed by atoms with van der Waals surface area (Å²) >= 11 is 1.62. The molecule has 5 rings (SSSR count). The Labute approximate surface area is 168 Å². The lowest BCUT2D eigenvalue weighted by atomic mass is 9.80. The lowest BCUT2D eigenvalue weighted by molar-refractivity contribution is -0.116. The largest absolute Gasteiger partial charge is 0.454 e. The van der Waals surface area contributed by atoms with Crippen LogP contribution in [-0.2, 0) is 9.53 Å². The van der Waals surface area contributed by atoms with Crippen LogP contribution in [-0.4, -0.2) is 5.78 Å². The number of hydrogen-bond acceptors (Lipinski definition) is 3. The van der Waals surface area contributed by atoms with Gasteiger partial charge in [-0.25, -0.2) is 0 Å². The van der Waals surface area contributed by atoms with Crippen LogP contribution >= 0.6 is 11.8 Å². The Kier molecular flexibility index (Phi) is 4.53. The van der Waals surface area contributed by atoms with Gasteiger partial charge in [0, 0.05) is 29.2 Å². The molecule has 0 bridgehead atoms. The Hall–Kier alpha value is -2.78. The molecule has 1 aliphatic carbocycles. The van der Waals surface area contributed by atoms with E-state index in [9.17, 15) is 4.79 Å². The van der Waals surface area contributed by atoms with E-state index in [-0.39, 0.29) is 11.7 Å². The first-order valence-electron chi connectivity index (χ1n) is 9.66. The maximum Gasteiger partial charge on any atom is 0.163 e. The fourth-order valence-electron chi connectivity index (χ4n) is 4.09. The molecule has 138 valence electrons. The van der Waals surface area contributed by atoms with E-state index < -0.39 is 0 Å². The molecule has 3 heteroatoms. The van der Waals surface area contributed by atoms with Crippen LogP contribution in [0.25, 0.3) is 10.8 Å². The van der Waals surface area contributed by atoms with Crippen molar-refractivity contribution in [3.8, 4) is 0 Å². The van der Waals surface area contributed by atoms with E-state index in [0.717, 1.165) is 34.2 Å². The molecule has 2 nitrogen and oxygen atoms in total. The van der Waals surface area contributed by atoms with Crippen LogP contribution < -0.4 is 0 Å². The summed E-state index contributed by atoms with van der Waals surface area (Å²) in [6.45, 7) is 0. The molecule has 0 spiro atoms. The second kappa shape index (κ2) is 7.33. The molecule has 1 aliphatic heterocycles. The number of ketones is 1. The highest BCUT2D eigenvalue weighted by Crippen LogP contribution is 2.45. The number of rotatable bonds is 3. The molecule has 3 aromatic carbocycles. The van der Waals surface area contributed by atoms with Gasteiger partial charge in [-0.3, -0.25) is 4.79 Å². The topological polar surface area (TPSA) is 26.3 Å². The molecule has 0 aromatic heterocycles. The van der Waals surface area contributed by atoms with E-state index in [1.54, 1.807) is 11.8 Å². The van der Waals surface area contributed by atoms with Crippen molar-refractivity contribution in [2.24, 2.45) is 0 Å². The summed E-state index contributed by atoms with van der Waals surface area (Å²) in [5, 5.41) is 3.25. The highest BCUT2D eigenvalue weighted by atomic mass is 32.2. The minimum Gasteiger partial charge on any atom is -0.454 e. The maximum absolute atomic E-state index is 12.8. The summed E-state index contributed by atoms with van der Waals surface area (Å²) in [6.07, 6.45) is 4.43. The molecule has 2 aliphatic rings. The predicted molar refractivity (Wildman–Crippen MR) is 114 cm³/mol. The fourth-order valence-corrected chi connectivity index (χ4v) is 4.96. The van der Waals surface area contributed by atoms with Crippen LogP contribution in [0.3, 0.4) is 0 Å². The van der Waals surface area contributed by atoms with E-state index in [0.29, 0.717) is 6.42 Å². The summed E-state index contributed by atoms with van der Waals surface area (Å²) in [4.78, 5) is 14.0. The number of carbonyl (C=O) groups is 1. The number of allylic oxidation sites excluding steroid dienone is 3. The van der Waals surface area contributed by atoms with Crippen molar-refractivity contribution >= 4 is 28.3 Å². The third kappa shape index (κ3) is 3.16. The van der Waals surface area contributed by atoms with E-state index in [1.165, 1.54) is 16.3 Å². The monoisotopic (exact) mass is 384 g/mol. The van der Waals surface area contributed by atoms with E-state index >= 15 is 0 Å². The molecule has 0 N–H and O–H groups in total. The molecule has 0 amide bonds. The minimum atomic E-state index is -0.0612. The van der Waals surface area contributed by atoms with E-state index in [2.05, 4.69) is 60.7 Å². The average Bonchev–Trinajstić information content (AvgIpc) is 2.74. The summed E-state index contributed by atoms with van der Waals surface area (Å²) in [5.41, 5.74) is 2.02. The molecule has 0 radical (unpaired) electrons. The standard InChI is InChI=1S/C25H20O2S/c26-22-14-7-15-23-25(22)21(16-24(27-23)28-18-10-2-1-3-11-18)20-13-6-9-17-8-4-5-12-19(17)20/h1-6,8-13,16,21H,7,14-15H2. The van der Waals surface area contributed by atoms with Crippen molar-refractivity contribution in [1.82, 2.24) is 0 Å². The first-order chi connectivity index (χ1) is 13.8. The zero-order chi connectivity index (χ0) is 18.9. The maximum atomic E-state index is 12.8. The molecule has 1 atom stereocenters. The zero-order valence-electron chi connectivity index (χ0n) is 15.4. The van der Waals surface area contributed by atoms with Crippen LogP contribution in [0.15, 0.2) is 100 Å². The average molecular weight is 385 g/mol. The number of benzene rings is 3. The molecular weight excluding hydrogens is 364 g/mol. The first-order valence-corrected chi connectivity index (χ1v) is 10.5. The lowest BCUT2D eigenvalue weighted by Gasteiger charge is -2.30. The second-order valence-corrected chi connectivity index (χ2v) is 8.24. The van der Waals surface area contributed by atoms with Gasteiger partial charge in [0.25, 0.3) is 0 Å².